The van der Waals surface area contributed by atoms with E-state index >= 15 is 0 Å². The first-order valence-corrected chi connectivity index (χ1v) is 11.3. The third-order valence-electron chi connectivity index (χ3n) is 6.37. The lowest BCUT2D eigenvalue weighted by molar-refractivity contribution is 1.09. The van der Waals surface area contributed by atoms with Crippen LogP contribution in [0.1, 0.15) is 5.56 Å². The maximum absolute atomic E-state index is 4.39. The summed E-state index contributed by atoms with van der Waals surface area (Å²) in [7, 11) is 0. The molecule has 33 heavy (non-hydrogen) atoms. The molecule has 4 aromatic carbocycles. The third-order valence-corrected chi connectivity index (χ3v) is 6.37. The highest BCUT2D eigenvalue weighted by atomic mass is 15.1. The van der Waals surface area contributed by atoms with E-state index in [1.165, 1.54) is 38.8 Å². The Morgan fingerprint density at radius 3 is 2.36 bits per heavy atom. The summed E-state index contributed by atoms with van der Waals surface area (Å²) < 4.78 is 0. The molecule has 1 aliphatic heterocycles. The monoisotopic (exact) mass is 424 g/mol. The lowest BCUT2D eigenvalue weighted by Crippen LogP contribution is -2.18. The quantitative estimate of drug-likeness (QED) is 0.302. The number of para-hydroxylation sites is 2. The van der Waals surface area contributed by atoms with Gasteiger partial charge in [0.05, 0.1) is 0 Å². The number of benzene rings is 4. The van der Waals surface area contributed by atoms with Crippen molar-refractivity contribution in [1.82, 2.24) is 4.98 Å². The highest BCUT2D eigenvalue weighted by Crippen LogP contribution is 2.37. The van der Waals surface area contributed by atoms with E-state index in [4.69, 9.17) is 0 Å². The molecular weight excluding hydrogens is 400 g/mol. The fourth-order valence-corrected chi connectivity index (χ4v) is 4.69. The molecule has 0 amide bonds. The second-order valence-electron chi connectivity index (χ2n) is 8.42. The first-order valence-electron chi connectivity index (χ1n) is 11.3. The molecule has 0 saturated carbocycles. The van der Waals surface area contributed by atoms with Crippen molar-refractivity contribution in [3.8, 4) is 11.1 Å². The number of rotatable bonds is 2. The van der Waals surface area contributed by atoms with Gasteiger partial charge in [0.2, 0.25) is 0 Å². The minimum absolute atomic E-state index is 0.801. The Balaban J connectivity index is 1.51. The van der Waals surface area contributed by atoms with Gasteiger partial charge in [0.25, 0.3) is 0 Å². The van der Waals surface area contributed by atoms with E-state index in [0.717, 1.165) is 23.2 Å². The molecule has 158 valence electrons. The van der Waals surface area contributed by atoms with Crippen molar-refractivity contribution in [1.29, 1.82) is 0 Å². The van der Waals surface area contributed by atoms with Crippen LogP contribution in [-0.2, 0) is 0 Å². The lowest BCUT2D eigenvalue weighted by Gasteiger charge is -2.26. The van der Waals surface area contributed by atoms with Gasteiger partial charge in [-0.05, 0) is 59.2 Å². The van der Waals surface area contributed by atoms with Crippen molar-refractivity contribution in [2.45, 2.75) is 0 Å². The van der Waals surface area contributed by atoms with Crippen molar-refractivity contribution in [3.63, 3.8) is 0 Å². The van der Waals surface area contributed by atoms with Crippen LogP contribution in [0.15, 0.2) is 122 Å². The molecule has 2 heteroatoms. The SMILES string of the molecule is C=C1/C=C\C=C/CN(c2ccccc2)c2ccc(-c3ccc4[nH]c5ccccc5c4c3)cc21. The Morgan fingerprint density at radius 1 is 0.697 bits per heavy atom. The van der Waals surface area contributed by atoms with Crippen LogP contribution >= 0.6 is 0 Å². The van der Waals surface area contributed by atoms with E-state index < -0.39 is 0 Å². The number of H-pyrrole nitrogens is 1. The molecule has 1 aliphatic rings. The zero-order chi connectivity index (χ0) is 22.2. The maximum atomic E-state index is 4.39. The van der Waals surface area contributed by atoms with E-state index in [0.29, 0.717) is 0 Å². The minimum atomic E-state index is 0.801. The molecule has 1 N–H and O–H groups in total. The highest BCUT2D eigenvalue weighted by molar-refractivity contribution is 6.08. The summed E-state index contributed by atoms with van der Waals surface area (Å²) in [5.41, 5.74) is 9.22. The van der Waals surface area contributed by atoms with Crippen molar-refractivity contribution in [3.05, 3.63) is 127 Å². The van der Waals surface area contributed by atoms with Crippen molar-refractivity contribution < 1.29 is 0 Å². The van der Waals surface area contributed by atoms with E-state index in [2.05, 4.69) is 132 Å². The van der Waals surface area contributed by atoms with E-state index in [1.54, 1.807) is 0 Å². The topological polar surface area (TPSA) is 19.0 Å². The summed E-state index contributed by atoms with van der Waals surface area (Å²) in [6.07, 6.45) is 8.45. The van der Waals surface area contributed by atoms with Crippen LogP contribution in [-0.4, -0.2) is 11.5 Å². The number of fused-ring (bicyclic) bond motifs is 4. The molecule has 0 atom stereocenters. The van der Waals surface area contributed by atoms with Crippen LogP contribution in [0.2, 0.25) is 0 Å². The van der Waals surface area contributed by atoms with Crippen LogP contribution in [0, 0.1) is 0 Å². The summed E-state index contributed by atoms with van der Waals surface area (Å²) in [5, 5.41) is 2.51. The predicted molar refractivity (Wildman–Crippen MR) is 142 cm³/mol. The fraction of sp³-hybridized carbons (Fsp3) is 0.0323. The average Bonchev–Trinajstić information content (AvgIpc) is 3.27. The number of nitrogens with one attached hydrogen (secondary N) is 1. The molecule has 0 spiro atoms. The van der Waals surface area contributed by atoms with Gasteiger partial charge in [0.1, 0.15) is 0 Å². The molecule has 5 aromatic rings. The summed E-state index contributed by atoms with van der Waals surface area (Å²) >= 11 is 0. The summed E-state index contributed by atoms with van der Waals surface area (Å²) in [6, 6.07) is 32.4. The van der Waals surface area contributed by atoms with E-state index in [-0.39, 0.29) is 0 Å². The molecule has 2 heterocycles. The Bertz CT molecular complexity index is 1550. The first kappa shape index (κ1) is 19.4. The Morgan fingerprint density at radius 2 is 1.45 bits per heavy atom. The number of hydrogen-bond acceptors (Lipinski definition) is 1. The molecule has 0 saturated heterocycles. The number of allylic oxidation sites excluding steroid dienone is 4. The summed E-state index contributed by atoms with van der Waals surface area (Å²) in [5.74, 6) is 0. The molecule has 0 aliphatic carbocycles. The predicted octanol–water partition coefficient (Wildman–Crippen LogP) is 8.27. The summed E-state index contributed by atoms with van der Waals surface area (Å²) in [6.45, 7) is 5.19. The second kappa shape index (κ2) is 7.99. The fourth-order valence-electron chi connectivity index (χ4n) is 4.69. The lowest BCUT2D eigenvalue weighted by atomic mass is 9.96. The number of nitrogens with zero attached hydrogens (tertiary/aromatic N) is 1. The molecule has 0 radical (unpaired) electrons. The molecular formula is C31H24N2. The van der Waals surface area contributed by atoms with Crippen LogP contribution in [0.3, 0.4) is 0 Å². The maximum Gasteiger partial charge on any atom is 0.0493 e. The van der Waals surface area contributed by atoms with Gasteiger partial charge in [-0.15, -0.1) is 0 Å². The molecule has 2 nitrogen and oxygen atoms in total. The normalized spacial score (nSPS) is 15.6. The Kier molecular flexibility index (Phi) is 4.70. The van der Waals surface area contributed by atoms with Gasteiger partial charge in [-0.25, -0.2) is 0 Å². The van der Waals surface area contributed by atoms with Gasteiger partial charge < -0.3 is 9.88 Å². The van der Waals surface area contributed by atoms with Gasteiger partial charge in [-0.3, -0.25) is 0 Å². The van der Waals surface area contributed by atoms with Crippen LogP contribution in [0.25, 0.3) is 38.5 Å². The zero-order valence-corrected chi connectivity index (χ0v) is 18.3. The smallest absolute Gasteiger partial charge is 0.0493 e. The molecule has 0 fully saturated rings. The molecule has 6 rings (SSSR count). The number of hydrogen-bond donors (Lipinski definition) is 1. The number of aromatic amines is 1. The van der Waals surface area contributed by atoms with Gasteiger partial charge in [0, 0.05) is 45.3 Å². The van der Waals surface area contributed by atoms with Crippen molar-refractivity contribution in [2.24, 2.45) is 0 Å². The third kappa shape index (κ3) is 3.46. The zero-order valence-electron chi connectivity index (χ0n) is 18.3. The van der Waals surface area contributed by atoms with Gasteiger partial charge in [-0.2, -0.15) is 0 Å². The van der Waals surface area contributed by atoms with Gasteiger partial charge in [-0.1, -0.05) is 79.4 Å². The van der Waals surface area contributed by atoms with Crippen LogP contribution in [0.5, 0.6) is 0 Å². The minimum Gasteiger partial charge on any atom is -0.355 e. The average molecular weight is 425 g/mol. The Labute approximate surface area is 193 Å². The van der Waals surface area contributed by atoms with Gasteiger partial charge >= 0.3 is 0 Å². The van der Waals surface area contributed by atoms with Crippen LogP contribution < -0.4 is 4.90 Å². The van der Waals surface area contributed by atoms with Crippen molar-refractivity contribution >= 4 is 38.8 Å². The largest absolute Gasteiger partial charge is 0.355 e. The van der Waals surface area contributed by atoms with E-state index in [9.17, 15) is 0 Å². The standard InChI is InChI=1S/C31H24N2/c1-22-10-4-3-9-19-33(25-11-5-2-6-12-25)31-18-16-24(20-27(22)31)23-15-17-30-28(21-23)26-13-7-8-14-29(26)32-30/h2-18,20-21,32H,1,19H2/b9-3-,10-4-. The summed E-state index contributed by atoms with van der Waals surface area (Å²) in [4.78, 5) is 5.87. The molecule has 0 bridgehead atoms. The number of aromatic nitrogens is 1. The molecule has 1 aromatic heterocycles. The van der Waals surface area contributed by atoms with Crippen LogP contribution in [0.4, 0.5) is 11.4 Å². The Hall–Kier alpha value is -4.30. The first-order chi connectivity index (χ1) is 16.3. The van der Waals surface area contributed by atoms with Crippen molar-refractivity contribution in [2.75, 3.05) is 11.4 Å². The van der Waals surface area contributed by atoms with Gasteiger partial charge in [0.15, 0.2) is 0 Å². The van der Waals surface area contributed by atoms with E-state index in [1.807, 2.05) is 0 Å². The highest BCUT2D eigenvalue weighted by Gasteiger charge is 2.16. The molecule has 0 unspecified atom stereocenters. The number of anilines is 2. The second-order valence-corrected chi connectivity index (χ2v) is 8.42.